The average molecular weight is 348 g/mol. The van der Waals surface area contributed by atoms with Gasteiger partial charge in [0.05, 0.1) is 24.4 Å². The molecule has 0 spiro atoms. The molecular formula is C20H20N4O2. The van der Waals surface area contributed by atoms with Crippen molar-refractivity contribution in [3.8, 4) is 0 Å². The van der Waals surface area contributed by atoms with Crippen LogP contribution >= 0.6 is 0 Å². The third-order valence-electron chi connectivity index (χ3n) is 4.42. The fourth-order valence-electron chi connectivity index (χ4n) is 3.12. The summed E-state index contributed by atoms with van der Waals surface area (Å²) in [6.45, 7) is 1.75. The zero-order valence-corrected chi connectivity index (χ0v) is 14.3. The maximum atomic E-state index is 12.2. The van der Waals surface area contributed by atoms with Crippen LogP contribution in [0.5, 0.6) is 0 Å². The van der Waals surface area contributed by atoms with E-state index in [9.17, 15) is 4.79 Å². The van der Waals surface area contributed by atoms with E-state index in [1.165, 1.54) is 11.1 Å². The van der Waals surface area contributed by atoms with E-state index in [1.807, 2.05) is 22.9 Å². The van der Waals surface area contributed by atoms with E-state index in [2.05, 4.69) is 28.6 Å². The van der Waals surface area contributed by atoms with Gasteiger partial charge in [-0.15, -0.1) is 0 Å². The summed E-state index contributed by atoms with van der Waals surface area (Å²) >= 11 is 0. The molecule has 0 bridgehead atoms. The molecule has 0 fully saturated rings. The van der Waals surface area contributed by atoms with Gasteiger partial charge in [-0.3, -0.25) is 14.5 Å². The van der Waals surface area contributed by atoms with Crippen LogP contribution in [-0.2, 0) is 17.7 Å². The Kier molecular flexibility index (Phi) is 4.75. The molecule has 1 amide bonds. The standard InChI is InChI=1S/C20H20N4O2/c25-20(16-7-4-9-21-11-16)22-12-18-19-17(8-10-26-18)14-24(23-19)13-15-5-2-1-3-6-15/h1-7,9,11,14,18H,8,10,12-13H2,(H,22,25). The summed E-state index contributed by atoms with van der Waals surface area (Å²) in [7, 11) is 0. The van der Waals surface area contributed by atoms with Gasteiger partial charge in [0.15, 0.2) is 0 Å². The van der Waals surface area contributed by atoms with Gasteiger partial charge in [0.1, 0.15) is 6.10 Å². The van der Waals surface area contributed by atoms with Gasteiger partial charge >= 0.3 is 0 Å². The molecule has 1 unspecified atom stereocenters. The Hall–Kier alpha value is -2.99. The minimum absolute atomic E-state index is 0.155. The molecule has 6 nitrogen and oxygen atoms in total. The molecular weight excluding hydrogens is 328 g/mol. The summed E-state index contributed by atoms with van der Waals surface area (Å²) in [6, 6.07) is 13.7. The third-order valence-corrected chi connectivity index (χ3v) is 4.42. The van der Waals surface area contributed by atoms with Crippen molar-refractivity contribution < 1.29 is 9.53 Å². The van der Waals surface area contributed by atoms with Crippen molar-refractivity contribution in [2.75, 3.05) is 13.2 Å². The van der Waals surface area contributed by atoms with Crippen molar-refractivity contribution in [1.82, 2.24) is 20.1 Å². The molecule has 2 aromatic heterocycles. The van der Waals surface area contributed by atoms with Crippen LogP contribution in [0.25, 0.3) is 0 Å². The third kappa shape index (κ3) is 3.65. The van der Waals surface area contributed by atoms with Crippen LogP contribution in [0.1, 0.15) is 33.3 Å². The van der Waals surface area contributed by atoms with Crippen molar-refractivity contribution in [3.05, 3.63) is 83.4 Å². The van der Waals surface area contributed by atoms with Gasteiger partial charge in [-0.2, -0.15) is 5.10 Å². The summed E-state index contributed by atoms with van der Waals surface area (Å²) in [5, 5.41) is 7.62. The van der Waals surface area contributed by atoms with Crippen LogP contribution in [0.4, 0.5) is 0 Å². The van der Waals surface area contributed by atoms with E-state index in [-0.39, 0.29) is 12.0 Å². The van der Waals surface area contributed by atoms with Crippen LogP contribution in [0.15, 0.2) is 61.1 Å². The summed E-state index contributed by atoms with van der Waals surface area (Å²) in [5.74, 6) is -0.155. The first-order valence-corrected chi connectivity index (χ1v) is 8.69. The minimum Gasteiger partial charge on any atom is -0.370 e. The molecule has 1 aliphatic rings. The van der Waals surface area contributed by atoms with Crippen LogP contribution in [0, 0.1) is 0 Å². The number of benzene rings is 1. The molecule has 26 heavy (non-hydrogen) atoms. The van der Waals surface area contributed by atoms with E-state index in [0.29, 0.717) is 18.7 Å². The zero-order valence-electron chi connectivity index (χ0n) is 14.3. The molecule has 1 aliphatic heterocycles. The van der Waals surface area contributed by atoms with Gasteiger partial charge < -0.3 is 10.1 Å². The monoisotopic (exact) mass is 348 g/mol. The molecule has 1 aromatic carbocycles. The van der Waals surface area contributed by atoms with Gasteiger partial charge in [-0.25, -0.2) is 0 Å². The number of hydrogen-bond acceptors (Lipinski definition) is 4. The summed E-state index contributed by atoms with van der Waals surface area (Å²) < 4.78 is 7.80. The SMILES string of the molecule is O=C(NCC1OCCc2cn(Cc3ccccc3)nc21)c1cccnc1. The van der Waals surface area contributed by atoms with Crippen molar-refractivity contribution in [2.24, 2.45) is 0 Å². The van der Waals surface area contributed by atoms with Crippen molar-refractivity contribution in [2.45, 2.75) is 19.1 Å². The predicted octanol–water partition coefficient (Wildman–Crippen LogP) is 2.37. The highest BCUT2D eigenvalue weighted by molar-refractivity contribution is 5.93. The lowest BCUT2D eigenvalue weighted by Crippen LogP contribution is -2.32. The summed E-state index contributed by atoms with van der Waals surface area (Å²) in [4.78, 5) is 16.2. The Bertz CT molecular complexity index is 877. The average Bonchev–Trinajstić information content (AvgIpc) is 3.10. The fraction of sp³-hybridized carbons (Fsp3) is 0.250. The molecule has 0 radical (unpaired) electrons. The van der Waals surface area contributed by atoms with E-state index in [4.69, 9.17) is 9.84 Å². The zero-order chi connectivity index (χ0) is 17.8. The quantitative estimate of drug-likeness (QED) is 0.769. The van der Waals surface area contributed by atoms with E-state index in [0.717, 1.165) is 18.7 Å². The van der Waals surface area contributed by atoms with Gasteiger partial charge in [-0.05, 0) is 29.7 Å². The van der Waals surface area contributed by atoms with Gasteiger partial charge in [0.2, 0.25) is 0 Å². The van der Waals surface area contributed by atoms with Crippen LogP contribution < -0.4 is 5.32 Å². The molecule has 0 aliphatic carbocycles. The molecule has 1 N–H and O–H groups in total. The number of rotatable bonds is 5. The fourth-order valence-corrected chi connectivity index (χ4v) is 3.12. The lowest BCUT2D eigenvalue weighted by molar-refractivity contribution is 0.0383. The largest absolute Gasteiger partial charge is 0.370 e. The Morgan fingerprint density at radius 1 is 1.23 bits per heavy atom. The molecule has 1 atom stereocenters. The van der Waals surface area contributed by atoms with Gasteiger partial charge in [-0.1, -0.05) is 30.3 Å². The first kappa shape index (κ1) is 16.5. The number of ether oxygens (including phenoxy) is 1. The molecule has 0 saturated carbocycles. The highest BCUT2D eigenvalue weighted by atomic mass is 16.5. The van der Waals surface area contributed by atoms with Crippen LogP contribution in [0.3, 0.4) is 0 Å². The number of carbonyl (C=O) groups excluding carboxylic acids is 1. The second-order valence-electron chi connectivity index (χ2n) is 6.28. The number of pyridine rings is 1. The van der Waals surface area contributed by atoms with Crippen molar-refractivity contribution >= 4 is 5.91 Å². The van der Waals surface area contributed by atoms with Crippen LogP contribution in [0.2, 0.25) is 0 Å². The second kappa shape index (κ2) is 7.49. The number of hydrogen-bond donors (Lipinski definition) is 1. The second-order valence-corrected chi connectivity index (χ2v) is 6.28. The Morgan fingerprint density at radius 2 is 2.12 bits per heavy atom. The number of nitrogens with zero attached hydrogens (tertiary/aromatic N) is 3. The lowest BCUT2D eigenvalue weighted by Gasteiger charge is -2.22. The van der Waals surface area contributed by atoms with Crippen LogP contribution in [-0.4, -0.2) is 33.8 Å². The number of carbonyl (C=O) groups is 1. The summed E-state index contributed by atoms with van der Waals surface area (Å²) in [6.07, 6.45) is 5.90. The predicted molar refractivity (Wildman–Crippen MR) is 96.7 cm³/mol. The number of nitrogens with one attached hydrogen (secondary N) is 1. The Labute approximate surface area is 151 Å². The van der Waals surface area contributed by atoms with E-state index < -0.39 is 0 Å². The number of aromatic nitrogens is 3. The van der Waals surface area contributed by atoms with Gasteiger partial charge in [0, 0.05) is 25.1 Å². The van der Waals surface area contributed by atoms with Gasteiger partial charge in [0.25, 0.3) is 5.91 Å². The summed E-state index contributed by atoms with van der Waals surface area (Å²) in [5.41, 5.74) is 3.85. The molecule has 6 heteroatoms. The first-order chi connectivity index (χ1) is 12.8. The molecule has 4 rings (SSSR count). The van der Waals surface area contributed by atoms with E-state index >= 15 is 0 Å². The highest BCUT2D eigenvalue weighted by Gasteiger charge is 2.25. The molecule has 0 saturated heterocycles. The minimum atomic E-state index is -0.226. The highest BCUT2D eigenvalue weighted by Crippen LogP contribution is 2.25. The first-order valence-electron chi connectivity index (χ1n) is 8.69. The van der Waals surface area contributed by atoms with Crippen molar-refractivity contribution in [1.29, 1.82) is 0 Å². The Morgan fingerprint density at radius 3 is 2.92 bits per heavy atom. The molecule has 3 heterocycles. The topological polar surface area (TPSA) is 69.0 Å². The maximum Gasteiger partial charge on any atom is 0.252 e. The van der Waals surface area contributed by atoms with Crippen molar-refractivity contribution in [3.63, 3.8) is 0 Å². The number of amides is 1. The maximum absolute atomic E-state index is 12.2. The van der Waals surface area contributed by atoms with E-state index in [1.54, 1.807) is 24.5 Å². The molecule has 132 valence electrons. The normalized spacial score (nSPS) is 16.1. The Balaban J connectivity index is 1.44. The molecule has 3 aromatic rings. The number of fused-ring (bicyclic) bond motifs is 1. The smallest absolute Gasteiger partial charge is 0.252 e. The lowest BCUT2D eigenvalue weighted by atomic mass is 10.1.